The van der Waals surface area contributed by atoms with Crippen LogP contribution in [0, 0.1) is 0 Å². The Bertz CT molecular complexity index is 227. The van der Waals surface area contributed by atoms with E-state index in [0.717, 1.165) is 13.0 Å². The van der Waals surface area contributed by atoms with Crippen LogP contribution in [0.4, 0.5) is 0 Å². The summed E-state index contributed by atoms with van der Waals surface area (Å²) in [7, 11) is 0. The summed E-state index contributed by atoms with van der Waals surface area (Å²) in [5.41, 5.74) is 5.29. The van der Waals surface area contributed by atoms with E-state index in [2.05, 4.69) is 27.4 Å². The molecule has 68 valence electrons. The fraction of sp³-hybridized carbons (Fsp3) is 0.500. The van der Waals surface area contributed by atoms with E-state index in [0.29, 0.717) is 13.2 Å². The maximum Gasteiger partial charge on any atom is 0.0588 e. The summed E-state index contributed by atoms with van der Waals surface area (Å²) in [6.45, 7) is 2.02. The van der Waals surface area contributed by atoms with E-state index in [-0.39, 0.29) is 0 Å². The number of thiophene rings is 1. The van der Waals surface area contributed by atoms with Gasteiger partial charge in [0, 0.05) is 22.3 Å². The van der Waals surface area contributed by atoms with Gasteiger partial charge in [-0.05, 0) is 27.4 Å². The topological polar surface area (TPSA) is 35.2 Å². The summed E-state index contributed by atoms with van der Waals surface area (Å²) in [4.78, 5) is 1.34. The molecule has 0 aliphatic rings. The van der Waals surface area contributed by atoms with Gasteiger partial charge in [0.05, 0.1) is 13.2 Å². The van der Waals surface area contributed by atoms with Crippen LogP contribution >= 0.6 is 27.3 Å². The summed E-state index contributed by atoms with van der Waals surface area (Å²) in [6.07, 6.45) is 0.970. The van der Waals surface area contributed by atoms with Crippen LogP contribution in [0.3, 0.4) is 0 Å². The maximum absolute atomic E-state index is 5.29. The van der Waals surface area contributed by atoms with Crippen LogP contribution in [0.1, 0.15) is 4.88 Å². The second-order valence-corrected chi connectivity index (χ2v) is 4.20. The van der Waals surface area contributed by atoms with Crippen LogP contribution < -0.4 is 5.73 Å². The lowest BCUT2D eigenvalue weighted by atomic mass is 10.4. The van der Waals surface area contributed by atoms with Crippen molar-refractivity contribution in [3.8, 4) is 0 Å². The highest BCUT2D eigenvalue weighted by Crippen LogP contribution is 2.22. The van der Waals surface area contributed by atoms with Gasteiger partial charge in [0.2, 0.25) is 0 Å². The standard InChI is InChI=1S/C8H12BrNOS/c9-7-2-6-12-8(7)1-4-11-5-3-10/h2,6H,1,3-5,10H2. The van der Waals surface area contributed by atoms with Crippen LogP contribution in [0.2, 0.25) is 0 Å². The number of hydrogen-bond acceptors (Lipinski definition) is 3. The van der Waals surface area contributed by atoms with E-state index in [1.807, 2.05) is 0 Å². The molecule has 0 unspecified atom stereocenters. The minimum atomic E-state index is 0.603. The van der Waals surface area contributed by atoms with Crippen molar-refractivity contribution in [3.05, 3.63) is 20.8 Å². The zero-order chi connectivity index (χ0) is 8.81. The van der Waals surface area contributed by atoms with Gasteiger partial charge >= 0.3 is 0 Å². The lowest BCUT2D eigenvalue weighted by molar-refractivity contribution is 0.145. The molecule has 1 rings (SSSR count). The molecule has 0 amide bonds. The van der Waals surface area contributed by atoms with Gasteiger partial charge in [0.25, 0.3) is 0 Å². The second kappa shape index (κ2) is 5.70. The third-order valence-corrected chi connectivity index (χ3v) is 3.41. The number of halogens is 1. The Kier molecular flexibility index (Phi) is 4.83. The fourth-order valence-corrected chi connectivity index (χ4v) is 2.39. The van der Waals surface area contributed by atoms with Gasteiger partial charge in [-0.3, -0.25) is 0 Å². The quantitative estimate of drug-likeness (QED) is 0.811. The first-order chi connectivity index (χ1) is 5.84. The highest BCUT2D eigenvalue weighted by atomic mass is 79.9. The van der Waals surface area contributed by atoms with Gasteiger partial charge in [-0.2, -0.15) is 0 Å². The largest absolute Gasteiger partial charge is 0.380 e. The third kappa shape index (κ3) is 3.23. The van der Waals surface area contributed by atoms with Crippen molar-refractivity contribution in [3.63, 3.8) is 0 Å². The first-order valence-electron chi connectivity index (χ1n) is 3.84. The molecule has 2 N–H and O–H groups in total. The van der Waals surface area contributed by atoms with Crippen molar-refractivity contribution in [1.82, 2.24) is 0 Å². The molecule has 1 aromatic heterocycles. The fourth-order valence-electron chi connectivity index (χ4n) is 0.854. The van der Waals surface area contributed by atoms with E-state index in [1.54, 1.807) is 11.3 Å². The Balaban J connectivity index is 2.20. The monoisotopic (exact) mass is 249 g/mol. The van der Waals surface area contributed by atoms with E-state index < -0.39 is 0 Å². The van der Waals surface area contributed by atoms with Crippen LogP contribution in [-0.2, 0) is 11.2 Å². The molecule has 0 radical (unpaired) electrons. The minimum Gasteiger partial charge on any atom is -0.380 e. The molecular formula is C8H12BrNOS. The molecule has 2 nitrogen and oxygen atoms in total. The lowest BCUT2D eigenvalue weighted by Crippen LogP contribution is -2.09. The van der Waals surface area contributed by atoms with Gasteiger partial charge in [-0.1, -0.05) is 0 Å². The van der Waals surface area contributed by atoms with Crippen LogP contribution in [0.25, 0.3) is 0 Å². The van der Waals surface area contributed by atoms with Gasteiger partial charge in [-0.15, -0.1) is 11.3 Å². The average molecular weight is 250 g/mol. The Morgan fingerprint density at radius 1 is 1.50 bits per heavy atom. The summed E-state index contributed by atoms with van der Waals surface area (Å²) >= 11 is 5.22. The van der Waals surface area contributed by atoms with E-state index in [4.69, 9.17) is 10.5 Å². The van der Waals surface area contributed by atoms with Gasteiger partial charge < -0.3 is 10.5 Å². The number of rotatable bonds is 5. The van der Waals surface area contributed by atoms with Crippen molar-refractivity contribution in [2.75, 3.05) is 19.8 Å². The highest BCUT2D eigenvalue weighted by Gasteiger charge is 1.99. The first-order valence-corrected chi connectivity index (χ1v) is 5.51. The predicted octanol–water partition coefficient (Wildman–Crippen LogP) is 2.03. The molecule has 0 aromatic carbocycles. The van der Waals surface area contributed by atoms with Gasteiger partial charge in [0.15, 0.2) is 0 Å². The molecule has 12 heavy (non-hydrogen) atoms. The molecule has 0 fully saturated rings. The van der Waals surface area contributed by atoms with Crippen molar-refractivity contribution < 1.29 is 4.74 Å². The van der Waals surface area contributed by atoms with Crippen LogP contribution in [0.15, 0.2) is 15.9 Å². The molecule has 1 heterocycles. The summed E-state index contributed by atoms with van der Waals surface area (Å²) in [5.74, 6) is 0. The molecule has 0 saturated carbocycles. The Hall–Kier alpha value is 0.100. The van der Waals surface area contributed by atoms with Gasteiger partial charge in [0.1, 0.15) is 0 Å². The van der Waals surface area contributed by atoms with Gasteiger partial charge in [-0.25, -0.2) is 0 Å². The molecule has 0 saturated heterocycles. The lowest BCUT2D eigenvalue weighted by Gasteiger charge is -2.00. The molecule has 4 heteroatoms. The number of ether oxygens (including phenoxy) is 1. The predicted molar refractivity (Wildman–Crippen MR) is 55.6 cm³/mol. The summed E-state index contributed by atoms with van der Waals surface area (Å²) in [6, 6.07) is 2.06. The highest BCUT2D eigenvalue weighted by molar-refractivity contribution is 9.10. The Labute approximate surface area is 84.9 Å². The SMILES string of the molecule is NCCOCCc1sccc1Br. The average Bonchev–Trinajstić information content (AvgIpc) is 2.46. The van der Waals surface area contributed by atoms with Crippen molar-refractivity contribution in [1.29, 1.82) is 0 Å². The third-order valence-electron chi connectivity index (χ3n) is 1.43. The molecular weight excluding hydrogens is 238 g/mol. The molecule has 0 aliphatic heterocycles. The summed E-state index contributed by atoms with van der Waals surface area (Å²) in [5, 5.41) is 2.07. The number of nitrogens with two attached hydrogens (primary N) is 1. The zero-order valence-electron chi connectivity index (χ0n) is 6.75. The smallest absolute Gasteiger partial charge is 0.0588 e. The second-order valence-electron chi connectivity index (χ2n) is 2.34. The molecule has 0 aliphatic carbocycles. The Morgan fingerprint density at radius 2 is 2.33 bits per heavy atom. The molecule has 0 spiro atoms. The van der Waals surface area contributed by atoms with Crippen LogP contribution in [0.5, 0.6) is 0 Å². The first kappa shape index (κ1) is 10.2. The van der Waals surface area contributed by atoms with E-state index >= 15 is 0 Å². The normalized spacial score (nSPS) is 10.5. The summed E-state index contributed by atoms with van der Waals surface area (Å²) < 4.78 is 6.46. The zero-order valence-corrected chi connectivity index (χ0v) is 9.16. The van der Waals surface area contributed by atoms with Crippen molar-refractivity contribution in [2.45, 2.75) is 6.42 Å². The molecule has 0 bridgehead atoms. The maximum atomic E-state index is 5.29. The van der Waals surface area contributed by atoms with E-state index in [1.165, 1.54) is 9.35 Å². The van der Waals surface area contributed by atoms with Crippen molar-refractivity contribution >= 4 is 27.3 Å². The Morgan fingerprint density at radius 3 is 2.92 bits per heavy atom. The van der Waals surface area contributed by atoms with E-state index in [9.17, 15) is 0 Å². The molecule has 0 atom stereocenters. The molecule has 1 aromatic rings. The number of hydrogen-bond donors (Lipinski definition) is 1. The van der Waals surface area contributed by atoms with Crippen LogP contribution in [-0.4, -0.2) is 19.8 Å². The van der Waals surface area contributed by atoms with Crippen molar-refractivity contribution in [2.24, 2.45) is 5.73 Å². The minimum absolute atomic E-state index is 0.603.